The monoisotopic (exact) mass is 278 g/mol. The summed E-state index contributed by atoms with van der Waals surface area (Å²) in [5, 5.41) is 27.9. The molecule has 1 aliphatic heterocycles. The van der Waals surface area contributed by atoms with Gasteiger partial charge in [-0.1, -0.05) is 0 Å². The molecule has 3 N–H and O–H groups in total. The first-order valence-corrected chi connectivity index (χ1v) is 5.33. The number of carboxylic acids is 1. The van der Waals surface area contributed by atoms with E-state index in [2.05, 4.69) is 4.74 Å². The first-order valence-electron chi connectivity index (χ1n) is 5.33. The van der Waals surface area contributed by atoms with E-state index in [1.165, 1.54) is 0 Å². The first-order chi connectivity index (χ1) is 8.73. The molecule has 0 amide bonds. The predicted molar refractivity (Wildman–Crippen MR) is 55.6 cm³/mol. The fourth-order valence-corrected chi connectivity index (χ4v) is 1.68. The maximum Gasteiger partial charge on any atom is 0.337 e. The third kappa shape index (κ3) is 3.63. The van der Waals surface area contributed by atoms with Gasteiger partial charge in [0.1, 0.15) is 6.10 Å². The van der Waals surface area contributed by atoms with Crippen LogP contribution in [0.15, 0.2) is 0 Å². The Morgan fingerprint density at radius 2 is 1.47 bits per heavy atom. The minimum atomic E-state index is -1.88. The van der Waals surface area contributed by atoms with Crippen LogP contribution >= 0.6 is 0 Å². The summed E-state index contributed by atoms with van der Waals surface area (Å²) >= 11 is 0. The van der Waals surface area contributed by atoms with Crippen molar-refractivity contribution in [2.45, 2.75) is 44.6 Å². The van der Waals surface area contributed by atoms with Gasteiger partial charge in [-0.2, -0.15) is 0 Å². The maximum absolute atomic E-state index is 11.0. The van der Waals surface area contributed by atoms with Crippen molar-refractivity contribution in [2.75, 3.05) is 0 Å². The summed E-state index contributed by atoms with van der Waals surface area (Å²) in [6.45, 7) is 2.04. The van der Waals surface area contributed by atoms with Gasteiger partial charge in [0.2, 0.25) is 0 Å². The summed E-state index contributed by atoms with van der Waals surface area (Å²) < 4.78 is 14.0. The van der Waals surface area contributed by atoms with Crippen LogP contribution in [-0.2, 0) is 28.6 Å². The van der Waals surface area contributed by atoms with Gasteiger partial charge >= 0.3 is 17.9 Å². The lowest BCUT2D eigenvalue weighted by atomic mass is 9.98. The number of hydrogen-bond donors (Lipinski definition) is 3. The number of hydrogen-bond acceptors (Lipinski definition) is 8. The van der Waals surface area contributed by atoms with Gasteiger partial charge in [-0.05, 0) is 0 Å². The van der Waals surface area contributed by atoms with E-state index >= 15 is 0 Å². The third-order valence-electron chi connectivity index (χ3n) is 2.38. The fourth-order valence-electron chi connectivity index (χ4n) is 1.68. The molecule has 1 aliphatic rings. The molecule has 0 aromatic heterocycles. The zero-order chi connectivity index (χ0) is 14.7. The van der Waals surface area contributed by atoms with Crippen LogP contribution in [0, 0.1) is 0 Å². The molecule has 0 bridgehead atoms. The molecule has 19 heavy (non-hydrogen) atoms. The molecule has 1 saturated heterocycles. The second-order valence-corrected chi connectivity index (χ2v) is 3.92. The van der Waals surface area contributed by atoms with Crippen molar-refractivity contribution in [2.24, 2.45) is 0 Å². The summed E-state index contributed by atoms with van der Waals surface area (Å²) in [4.78, 5) is 32.9. The van der Waals surface area contributed by atoms with E-state index in [-0.39, 0.29) is 0 Å². The molecule has 1 rings (SSSR count). The first kappa shape index (κ1) is 15.3. The van der Waals surface area contributed by atoms with Gasteiger partial charge in [0, 0.05) is 13.8 Å². The van der Waals surface area contributed by atoms with Crippen molar-refractivity contribution in [1.29, 1.82) is 0 Å². The van der Waals surface area contributed by atoms with E-state index in [0.29, 0.717) is 0 Å². The lowest BCUT2D eigenvalue weighted by Gasteiger charge is -2.39. The molecule has 1 fully saturated rings. The lowest BCUT2D eigenvalue weighted by molar-refractivity contribution is -0.285. The average molecular weight is 278 g/mol. The van der Waals surface area contributed by atoms with Gasteiger partial charge in [-0.15, -0.1) is 0 Å². The van der Waals surface area contributed by atoms with Gasteiger partial charge in [0.25, 0.3) is 0 Å². The summed E-state index contributed by atoms with van der Waals surface area (Å²) in [7, 11) is 0. The number of carbonyl (C=O) groups excluding carboxylic acids is 2. The standard InChI is InChI=1S/C10H14O9/c1-3(11)17-6-5(13)10(16)19-8(9(14)15)7(6)18-4(2)12/h5-8,10,13,16H,1-2H3,(H,14,15)/t5-,6-,7+,8+,10-/m1/s1. The highest BCUT2D eigenvalue weighted by molar-refractivity contribution is 5.75. The van der Waals surface area contributed by atoms with Crippen LogP contribution in [0.5, 0.6) is 0 Å². The van der Waals surface area contributed by atoms with E-state index in [9.17, 15) is 24.6 Å². The number of aliphatic hydroxyl groups is 2. The number of aliphatic carboxylic acids is 1. The zero-order valence-corrected chi connectivity index (χ0v) is 10.2. The normalized spacial score (nSPS) is 34.4. The molecule has 0 radical (unpaired) electrons. The molecule has 1 heterocycles. The Bertz CT molecular complexity index is 379. The van der Waals surface area contributed by atoms with Gasteiger partial charge in [-0.3, -0.25) is 9.59 Å². The highest BCUT2D eigenvalue weighted by Crippen LogP contribution is 2.25. The molecule has 9 heteroatoms. The topological polar surface area (TPSA) is 140 Å². The Morgan fingerprint density at radius 1 is 1.00 bits per heavy atom. The summed E-state index contributed by atoms with van der Waals surface area (Å²) in [6, 6.07) is 0. The molecule has 108 valence electrons. The largest absolute Gasteiger partial charge is 0.479 e. The van der Waals surface area contributed by atoms with Crippen LogP contribution in [0.2, 0.25) is 0 Å². The predicted octanol–water partition coefficient (Wildman–Crippen LogP) is -1.99. The van der Waals surface area contributed by atoms with Gasteiger partial charge in [0.15, 0.2) is 24.6 Å². The highest BCUT2D eigenvalue weighted by Gasteiger charge is 2.51. The minimum absolute atomic E-state index is 0.834. The SMILES string of the molecule is CC(=O)O[C@@H]1[C@@H](O)[C@H](O)O[C@H](C(=O)O)[C@H]1OC(C)=O. The van der Waals surface area contributed by atoms with Crippen molar-refractivity contribution < 1.29 is 43.9 Å². The number of esters is 2. The Hall–Kier alpha value is -1.71. The second kappa shape index (κ2) is 5.95. The molecule has 0 aliphatic carbocycles. The van der Waals surface area contributed by atoms with E-state index < -0.39 is 48.6 Å². The van der Waals surface area contributed by atoms with Crippen molar-refractivity contribution >= 4 is 17.9 Å². The van der Waals surface area contributed by atoms with Gasteiger partial charge in [-0.25, -0.2) is 4.79 Å². The van der Waals surface area contributed by atoms with Crippen LogP contribution in [0.3, 0.4) is 0 Å². The van der Waals surface area contributed by atoms with E-state index in [1.807, 2.05) is 0 Å². The molecule has 0 unspecified atom stereocenters. The molecular weight excluding hydrogens is 264 g/mol. The van der Waals surface area contributed by atoms with Gasteiger partial charge in [0.05, 0.1) is 0 Å². The molecule has 0 aromatic carbocycles. The van der Waals surface area contributed by atoms with Crippen molar-refractivity contribution in [3.63, 3.8) is 0 Å². The fraction of sp³-hybridized carbons (Fsp3) is 0.700. The smallest absolute Gasteiger partial charge is 0.337 e. The third-order valence-corrected chi connectivity index (χ3v) is 2.38. The lowest BCUT2D eigenvalue weighted by Crippen LogP contribution is -2.62. The molecule has 0 aromatic rings. The zero-order valence-electron chi connectivity index (χ0n) is 10.2. The summed E-state index contributed by atoms with van der Waals surface area (Å²) in [6.07, 6.45) is -8.46. The van der Waals surface area contributed by atoms with Crippen LogP contribution < -0.4 is 0 Å². The van der Waals surface area contributed by atoms with Crippen LogP contribution in [0.1, 0.15) is 13.8 Å². The van der Waals surface area contributed by atoms with E-state index in [1.54, 1.807) is 0 Å². The Labute approximate surface area is 107 Å². The molecular formula is C10H14O9. The van der Waals surface area contributed by atoms with Crippen LogP contribution in [-0.4, -0.2) is 63.9 Å². The average Bonchev–Trinajstić information content (AvgIpc) is 2.26. The van der Waals surface area contributed by atoms with Crippen LogP contribution in [0.25, 0.3) is 0 Å². The molecule has 9 nitrogen and oxygen atoms in total. The summed E-state index contributed by atoms with van der Waals surface area (Å²) in [5.74, 6) is -3.21. The van der Waals surface area contributed by atoms with E-state index in [0.717, 1.165) is 13.8 Å². The van der Waals surface area contributed by atoms with E-state index in [4.69, 9.17) is 14.6 Å². The quantitative estimate of drug-likeness (QED) is 0.500. The van der Waals surface area contributed by atoms with Crippen molar-refractivity contribution in [3.05, 3.63) is 0 Å². The molecule has 5 atom stereocenters. The Kier molecular flexibility index (Phi) is 4.81. The maximum atomic E-state index is 11.0. The molecule has 0 spiro atoms. The molecule has 0 saturated carbocycles. The Balaban J connectivity index is 3.04. The number of ether oxygens (including phenoxy) is 3. The van der Waals surface area contributed by atoms with Crippen molar-refractivity contribution in [1.82, 2.24) is 0 Å². The number of carboxylic acid groups (broad SMARTS) is 1. The van der Waals surface area contributed by atoms with Gasteiger partial charge < -0.3 is 29.5 Å². The summed E-state index contributed by atoms with van der Waals surface area (Å²) in [5.41, 5.74) is 0. The Morgan fingerprint density at radius 3 is 1.89 bits per heavy atom. The number of rotatable bonds is 3. The number of aliphatic hydroxyl groups excluding tert-OH is 2. The van der Waals surface area contributed by atoms with Crippen molar-refractivity contribution in [3.8, 4) is 0 Å². The number of carbonyl (C=O) groups is 3. The second-order valence-electron chi connectivity index (χ2n) is 3.92. The minimum Gasteiger partial charge on any atom is -0.479 e. The highest BCUT2D eigenvalue weighted by atomic mass is 16.7. The van der Waals surface area contributed by atoms with Crippen LogP contribution in [0.4, 0.5) is 0 Å².